The molecule has 0 spiro atoms. The van der Waals surface area contributed by atoms with Gasteiger partial charge in [0.1, 0.15) is 0 Å². The first-order chi connectivity index (χ1) is 12.2. The number of methoxy groups -OCH3 is 1. The van der Waals surface area contributed by atoms with E-state index in [1.165, 1.54) is 0 Å². The van der Waals surface area contributed by atoms with Crippen LogP contribution in [0, 0.1) is 5.92 Å². The van der Waals surface area contributed by atoms with Gasteiger partial charge in [-0.15, -0.1) is 24.0 Å². The largest absolute Gasteiger partial charge is 0.385 e. The molecule has 0 aromatic heterocycles. The summed E-state index contributed by atoms with van der Waals surface area (Å²) in [5, 5.41) is 9.54. The number of carbonyl (C=O) groups excluding carboxylic acids is 1. The van der Waals surface area contributed by atoms with Gasteiger partial charge in [0.25, 0.3) is 0 Å². The number of benzene rings is 1. The normalized spacial score (nSPS) is 14.2. The topological polar surface area (TPSA) is 74.8 Å². The minimum atomic E-state index is 0. The standard InChI is InChI=1S/C19H30N4O2.HI/c1-3-20-19(21-11-6-12-25-2)22-14-15-7-4-10-17(13-15)23-18(24)16-8-5-9-16;/h4,7,10,13,16H,3,5-6,8-9,11-12,14H2,1-2H3,(H,23,24)(H2,20,21,22);1H. The second-order valence-electron chi connectivity index (χ2n) is 6.29. The molecule has 0 bridgehead atoms. The van der Waals surface area contributed by atoms with E-state index in [0.717, 1.165) is 62.6 Å². The number of guanidine groups is 1. The number of hydrogen-bond donors (Lipinski definition) is 3. The van der Waals surface area contributed by atoms with Crippen LogP contribution in [0.25, 0.3) is 0 Å². The summed E-state index contributed by atoms with van der Waals surface area (Å²) in [4.78, 5) is 16.7. The average molecular weight is 474 g/mol. The number of hydrogen-bond acceptors (Lipinski definition) is 3. The average Bonchev–Trinajstić information content (AvgIpc) is 2.55. The van der Waals surface area contributed by atoms with Gasteiger partial charge in [0.15, 0.2) is 5.96 Å². The number of ether oxygens (including phenoxy) is 1. The molecule has 1 amide bonds. The lowest BCUT2D eigenvalue weighted by Gasteiger charge is -2.24. The van der Waals surface area contributed by atoms with Crippen LogP contribution in [-0.4, -0.2) is 38.7 Å². The molecule has 1 aliphatic carbocycles. The zero-order chi connectivity index (χ0) is 17.9. The van der Waals surface area contributed by atoms with E-state index in [9.17, 15) is 4.79 Å². The molecular formula is C19H31IN4O2. The maximum atomic E-state index is 12.1. The maximum absolute atomic E-state index is 12.1. The number of amides is 1. The fraction of sp³-hybridized carbons (Fsp3) is 0.579. The van der Waals surface area contributed by atoms with Crippen molar-refractivity contribution in [2.45, 2.75) is 39.2 Å². The Hall–Kier alpha value is -1.35. The van der Waals surface area contributed by atoms with E-state index in [1.54, 1.807) is 7.11 Å². The van der Waals surface area contributed by atoms with Crippen molar-refractivity contribution in [1.29, 1.82) is 0 Å². The number of anilines is 1. The summed E-state index contributed by atoms with van der Waals surface area (Å²) in [6.07, 6.45) is 4.12. The molecule has 1 saturated carbocycles. The van der Waals surface area contributed by atoms with E-state index in [2.05, 4.69) is 20.9 Å². The van der Waals surface area contributed by atoms with Crippen molar-refractivity contribution in [1.82, 2.24) is 10.6 Å². The smallest absolute Gasteiger partial charge is 0.227 e. The highest BCUT2D eigenvalue weighted by Crippen LogP contribution is 2.27. The van der Waals surface area contributed by atoms with Crippen LogP contribution >= 0.6 is 24.0 Å². The molecule has 2 rings (SSSR count). The Morgan fingerprint density at radius 1 is 1.31 bits per heavy atom. The molecule has 0 heterocycles. The lowest BCUT2D eigenvalue weighted by Crippen LogP contribution is -2.38. The van der Waals surface area contributed by atoms with Gasteiger partial charge < -0.3 is 20.7 Å². The molecule has 1 aromatic rings. The highest BCUT2D eigenvalue weighted by atomic mass is 127. The molecular weight excluding hydrogens is 443 g/mol. The Morgan fingerprint density at radius 3 is 2.77 bits per heavy atom. The van der Waals surface area contributed by atoms with Crippen molar-refractivity contribution in [2.75, 3.05) is 32.1 Å². The molecule has 0 saturated heterocycles. The molecule has 146 valence electrons. The second-order valence-corrected chi connectivity index (χ2v) is 6.29. The van der Waals surface area contributed by atoms with Crippen molar-refractivity contribution in [3.8, 4) is 0 Å². The molecule has 7 heteroatoms. The van der Waals surface area contributed by atoms with Crippen LogP contribution in [0.4, 0.5) is 5.69 Å². The van der Waals surface area contributed by atoms with Gasteiger partial charge in [0.2, 0.25) is 5.91 Å². The molecule has 0 radical (unpaired) electrons. The number of rotatable bonds is 9. The summed E-state index contributed by atoms with van der Waals surface area (Å²) in [7, 11) is 1.70. The van der Waals surface area contributed by atoms with Crippen LogP contribution in [0.2, 0.25) is 0 Å². The Labute approximate surface area is 173 Å². The van der Waals surface area contributed by atoms with E-state index in [-0.39, 0.29) is 35.8 Å². The summed E-state index contributed by atoms with van der Waals surface area (Å²) in [5.74, 6) is 1.13. The van der Waals surface area contributed by atoms with Gasteiger partial charge in [-0.05, 0) is 43.9 Å². The minimum Gasteiger partial charge on any atom is -0.385 e. The first kappa shape index (κ1) is 22.7. The van der Waals surface area contributed by atoms with Crippen molar-refractivity contribution in [3.63, 3.8) is 0 Å². The predicted octanol–water partition coefficient (Wildman–Crippen LogP) is 3.13. The van der Waals surface area contributed by atoms with Crippen LogP contribution in [0.5, 0.6) is 0 Å². The summed E-state index contributed by atoms with van der Waals surface area (Å²) in [6, 6.07) is 7.91. The zero-order valence-electron chi connectivity index (χ0n) is 15.7. The third kappa shape index (κ3) is 7.90. The molecule has 1 fully saturated rings. The van der Waals surface area contributed by atoms with Crippen LogP contribution in [0.15, 0.2) is 29.3 Å². The van der Waals surface area contributed by atoms with Gasteiger partial charge in [-0.1, -0.05) is 18.6 Å². The van der Waals surface area contributed by atoms with Gasteiger partial charge in [-0.25, -0.2) is 4.99 Å². The molecule has 0 atom stereocenters. The van der Waals surface area contributed by atoms with Gasteiger partial charge in [0.05, 0.1) is 6.54 Å². The maximum Gasteiger partial charge on any atom is 0.227 e. The molecule has 0 aliphatic heterocycles. The fourth-order valence-corrected chi connectivity index (χ4v) is 2.60. The van der Waals surface area contributed by atoms with Gasteiger partial charge >= 0.3 is 0 Å². The van der Waals surface area contributed by atoms with Crippen LogP contribution in [0.3, 0.4) is 0 Å². The van der Waals surface area contributed by atoms with Crippen molar-refractivity contribution in [2.24, 2.45) is 10.9 Å². The summed E-state index contributed by atoms with van der Waals surface area (Å²) < 4.78 is 5.05. The third-order valence-electron chi connectivity index (χ3n) is 4.25. The van der Waals surface area contributed by atoms with E-state index >= 15 is 0 Å². The zero-order valence-corrected chi connectivity index (χ0v) is 18.0. The number of aliphatic imine (C=N–C) groups is 1. The predicted molar refractivity (Wildman–Crippen MR) is 117 cm³/mol. The summed E-state index contributed by atoms with van der Waals surface area (Å²) in [5.41, 5.74) is 1.92. The Bertz CT molecular complexity index is 576. The molecule has 0 unspecified atom stereocenters. The molecule has 6 nitrogen and oxygen atoms in total. The fourth-order valence-electron chi connectivity index (χ4n) is 2.60. The molecule has 1 aliphatic rings. The van der Waals surface area contributed by atoms with Gasteiger partial charge in [0, 0.05) is 38.4 Å². The minimum absolute atomic E-state index is 0. The quantitative estimate of drug-likeness (QED) is 0.223. The Kier molecular flexibility index (Phi) is 11.3. The second kappa shape index (κ2) is 12.9. The number of carbonyl (C=O) groups is 1. The summed E-state index contributed by atoms with van der Waals surface area (Å²) in [6.45, 7) is 4.97. The van der Waals surface area contributed by atoms with E-state index < -0.39 is 0 Å². The molecule has 3 N–H and O–H groups in total. The first-order valence-corrected chi connectivity index (χ1v) is 9.14. The first-order valence-electron chi connectivity index (χ1n) is 9.14. The SMILES string of the molecule is CCNC(=NCc1cccc(NC(=O)C2CCC2)c1)NCCCOC.I. The number of nitrogens with zero attached hydrogens (tertiary/aromatic N) is 1. The van der Waals surface area contributed by atoms with E-state index in [0.29, 0.717) is 6.54 Å². The lowest BCUT2D eigenvalue weighted by molar-refractivity contribution is -0.122. The highest BCUT2D eigenvalue weighted by Gasteiger charge is 2.25. The monoisotopic (exact) mass is 474 g/mol. The Morgan fingerprint density at radius 2 is 2.12 bits per heavy atom. The van der Waals surface area contributed by atoms with Crippen LogP contribution in [-0.2, 0) is 16.1 Å². The molecule has 1 aromatic carbocycles. The van der Waals surface area contributed by atoms with Crippen molar-refractivity contribution < 1.29 is 9.53 Å². The third-order valence-corrected chi connectivity index (χ3v) is 4.25. The van der Waals surface area contributed by atoms with Gasteiger partial charge in [-0.2, -0.15) is 0 Å². The van der Waals surface area contributed by atoms with E-state index in [4.69, 9.17) is 4.74 Å². The lowest BCUT2D eigenvalue weighted by atomic mass is 9.85. The number of nitrogens with one attached hydrogen (secondary N) is 3. The highest BCUT2D eigenvalue weighted by molar-refractivity contribution is 14.0. The summed E-state index contributed by atoms with van der Waals surface area (Å²) >= 11 is 0. The van der Waals surface area contributed by atoms with Crippen LogP contribution in [0.1, 0.15) is 38.2 Å². The number of halogens is 1. The van der Waals surface area contributed by atoms with Crippen molar-refractivity contribution >= 4 is 41.5 Å². The molecule has 26 heavy (non-hydrogen) atoms. The van der Waals surface area contributed by atoms with E-state index in [1.807, 2.05) is 31.2 Å². The Balaban J connectivity index is 0.00000338. The van der Waals surface area contributed by atoms with Gasteiger partial charge in [-0.3, -0.25) is 4.79 Å². The van der Waals surface area contributed by atoms with Crippen LogP contribution < -0.4 is 16.0 Å². The van der Waals surface area contributed by atoms with Crippen molar-refractivity contribution in [3.05, 3.63) is 29.8 Å².